The fourth-order valence-electron chi connectivity index (χ4n) is 4.40. The fourth-order valence-corrected chi connectivity index (χ4v) is 4.40. The van der Waals surface area contributed by atoms with E-state index in [1.807, 2.05) is 0 Å². The highest BCUT2D eigenvalue weighted by molar-refractivity contribution is 5.32. The van der Waals surface area contributed by atoms with E-state index in [9.17, 15) is 5.11 Å². The minimum absolute atomic E-state index is 0.353. The Morgan fingerprint density at radius 1 is 0.950 bits per heavy atom. The summed E-state index contributed by atoms with van der Waals surface area (Å²) in [4.78, 5) is 2.50. The van der Waals surface area contributed by atoms with Crippen LogP contribution in [0.25, 0.3) is 0 Å². The number of hydrogen-bond acceptors (Lipinski definition) is 2. The summed E-state index contributed by atoms with van der Waals surface area (Å²) in [7, 11) is 0. The summed E-state index contributed by atoms with van der Waals surface area (Å²) in [6.45, 7) is 2.23. The van der Waals surface area contributed by atoms with Gasteiger partial charge in [-0.25, -0.2) is 0 Å². The minimum atomic E-state index is -0.599. The molecule has 0 bridgehead atoms. The van der Waals surface area contributed by atoms with Crippen LogP contribution in [0, 0.1) is 0 Å². The lowest BCUT2D eigenvalue weighted by atomic mass is 9.78. The Morgan fingerprint density at radius 2 is 1.75 bits per heavy atom. The molecule has 3 fully saturated rings. The van der Waals surface area contributed by atoms with Gasteiger partial charge in [0, 0.05) is 12.6 Å². The maximum Gasteiger partial charge on any atom is 0.106 e. The van der Waals surface area contributed by atoms with Crippen molar-refractivity contribution in [1.82, 2.24) is 4.90 Å². The molecule has 2 atom stereocenters. The molecule has 2 aliphatic heterocycles. The maximum absolute atomic E-state index is 11.2. The van der Waals surface area contributed by atoms with Crippen molar-refractivity contribution < 1.29 is 5.11 Å². The Balaban J connectivity index is 1.59. The monoisotopic (exact) mass is 271 g/mol. The van der Waals surface area contributed by atoms with E-state index in [-0.39, 0.29) is 0 Å². The maximum atomic E-state index is 11.2. The van der Waals surface area contributed by atoms with Crippen LogP contribution in [0.3, 0.4) is 0 Å². The summed E-state index contributed by atoms with van der Waals surface area (Å²) in [5.74, 6) is 0.786. The number of aliphatic hydroxyl groups is 1. The van der Waals surface area contributed by atoms with Gasteiger partial charge < -0.3 is 5.11 Å². The van der Waals surface area contributed by atoms with Gasteiger partial charge in [-0.15, -0.1) is 0 Å². The van der Waals surface area contributed by atoms with Crippen LogP contribution < -0.4 is 0 Å². The molecule has 2 heterocycles. The molecule has 2 heteroatoms. The smallest absolute Gasteiger partial charge is 0.106 e. The molecule has 0 radical (unpaired) electrons. The van der Waals surface area contributed by atoms with E-state index in [2.05, 4.69) is 29.2 Å². The number of rotatable bonds is 2. The molecular weight excluding hydrogens is 246 g/mol. The van der Waals surface area contributed by atoms with Gasteiger partial charge in [-0.1, -0.05) is 37.1 Å². The molecule has 4 rings (SSSR count). The third kappa shape index (κ3) is 1.93. The first-order valence-corrected chi connectivity index (χ1v) is 8.34. The van der Waals surface area contributed by atoms with Gasteiger partial charge in [0.25, 0.3) is 0 Å². The number of piperidine rings is 1. The first kappa shape index (κ1) is 12.8. The van der Waals surface area contributed by atoms with E-state index in [4.69, 9.17) is 0 Å². The molecule has 1 saturated carbocycles. The Kier molecular flexibility index (Phi) is 3.12. The van der Waals surface area contributed by atoms with Crippen LogP contribution in [0.4, 0.5) is 0 Å². The highest BCUT2D eigenvalue weighted by Gasteiger charge is 2.47. The number of benzene rings is 1. The molecule has 2 unspecified atom stereocenters. The van der Waals surface area contributed by atoms with Crippen molar-refractivity contribution in [3.63, 3.8) is 0 Å². The molecule has 1 aromatic rings. The molecule has 2 saturated heterocycles. The van der Waals surface area contributed by atoms with Crippen molar-refractivity contribution in [2.45, 2.75) is 62.5 Å². The van der Waals surface area contributed by atoms with Crippen molar-refractivity contribution >= 4 is 0 Å². The molecule has 3 aliphatic rings. The molecule has 0 amide bonds. The van der Waals surface area contributed by atoms with E-state index >= 15 is 0 Å². The van der Waals surface area contributed by atoms with Gasteiger partial charge in [0.15, 0.2) is 0 Å². The SMILES string of the molecule is OC1(c2ccc(C3CCC3)cc2)CCN2CCCCC21. The van der Waals surface area contributed by atoms with Crippen LogP contribution in [0.15, 0.2) is 24.3 Å². The number of nitrogens with zero attached hydrogens (tertiary/aromatic N) is 1. The second kappa shape index (κ2) is 4.85. The third-order valence-electron chi connectivity index (χ3n) is 5.93. The minimum Gasteiger partial charge on any atom is -0.383 e. The predicted octanol–water partition coefficient (Wildman–Crippen LogP) is 3.40. The highest BCUT2D eigenvalue weighted by atomic mass is 16.3. The molecule has 0 spiro atoms. The fraction of sp³-hybridized carbons (Fsp3) is 0.667. The molecule has 1 aliphatic carbocycles. The Bertz CT molecular complexity index is 479. The molecule has 0 aromatic heterocycles. The van der Waals surface area contributed by atoms with Gasteiger partial charge in [0.1, 0.15) is 5.60 Å². The number of hydrogen-bond donors (Lipinski definition) is 1. The standard InChI is InChI=1S/C18H25NO/c20-18(11-13-19-12-2-1-6-17(18)19)16-9-7-15(8-10-16)14-4-3-5-14/h7-10,14,17,20H,1-6,11-13H2. The lowest BCUT2D eigenvalue weighted by Crippen LogP contribution is -2.45. The lowest BCUT2D eigenvalue weighted by molar-refractivity contribution is -0.0138. The zero-order valence-corrected chi connectivity index (χ0v) is 12.2. The van der Waals surface area contributed by atoms with Crippen LogP contribution in [0.1, 0.15) is 62.0 Å². The Morgan fingerprint density at radius 3 is 2.45 bits per heavy atom. The summed E-state index contributed by atoms with van der Waals surface area (Å²) in [6.07, 6.45) is 8.70. The number of fused-ring (bicyclic) bond motifs is 1. The largest absolute Gasteiger partial charge is 0.383 e. The lowest BCUT2D eigenvalue weighted by Gasteiger charge is -2.38. The second-order valence-corrected chi connectivity index (χ2v) is 6.97. The quantitative estimate of drug-likeness (QED) is 0.891. The first-order valence-electron chi connectivity index (χ1n) is 8.34. The predicted molar refractivity (Wildman–Crippen MR) is 80.8 cm³/mol. The van der Waals surface area contributed by atoms with E-state index in [1.54, 1.807) is 0 Å². The van der Waals surface area contributed by atoms with Crippen LogP contribution in [0.2, 0.25) is 0 Å². The van der Waals surface area contributed by atoms with E-state index < -0.39 is 5.60 Å². The van der Waals surface area contributed by atoms with E-state index in [0.717, 1.165) is 30.9 Å². The Labute approximate surface area is 121 Å². The molecule has 1 N–H and O–H groups in total. The topological polar surface area (TPSA) is 23.5 Å². The van der Waals surface area contributed by atoms with Gasteiger partial charge in [-0.2, -0.15) is 0 Å². The van der Waals surface area contributed by atoms with Crippen LogP contribution in [0.5, 0.6) is 0 Å². The van der Waals surface area contributed by atoms with Crippen molar-refractivity contribution in [2.24, 2.45) is 0 Å². The zero-order valence-electron chi connectivity index (χ0n) is 12.2. The van der Waals surface area contributed by atoms with Crippen molar-refractivity contribution in [1.29, 1.82) is 0 Å². The molecular formula is C18H25NO. The van der Waals surface area contributed by atoms with Crippen molar-refractivity contribution in [3.8, 4) is 0 Å². The average Bonchev–Trinajstić information content (AvgIpc) is 2.77. The summed E-state index contributed by atoms with van der Waals surface area (Å²) < 4.78 is 0. The molecule has 2 nitrogen and oxygen atoms in total. The summed E-state index contributed by atoms with van der Waals surface area (Å²) in [5.41, 5.74) is 2.02. The van der Waals surface area contributed by atoms with Gasteiger partial charge in [-0.3, -0.25) is 4.90 Å². The normalized spacial score (nSPS) is 34.8. The van der Waals surface area contributed by atoms with E-state index in [1.165, 1.54) is 44.2 Å². The van der Waals surface area contributed by atoms with E-state index in [0.29, 0.717) is 6.04 Å². The van der Waals surface area contributed by atoms with Crippen molar-refractivity contribution in [2.75, 3.05) is 13.1 Å². The van der Waals surface area contributed by atoms with Gasteiger partial charge >= 0.3 is 0 Å². The Hall–Kier alpha value is -0.860. The summed E-state index contributed by atoms with van der Waals surface area (Å²) in [5, 5.41) is 11.2. The van der Waals surface area contributed by atoms with Gasteiger partial charge in [-0.05, 0) is 55.7 Å². The molecule has 1 aromatic carbocycles. The second-order valence-electron chi connectivity index (χ2n) is 6.97. The average molecular weight is 271 g/mol. The third-order valence-corrected chi connectivity index (χ3v) is 5.93. The zero-order chi connectivity index (χ0) is 13.6. The summed E-state index contributed by atoms with van der Waals surface area (Å²) in [6, 6.07) is 9.29. The van der Waals surface area contributed by atoms with Crippen LogP contribution in [-0.4, -0.2) is 29.1 Å². The van der Waals surface area contributed by atoms with Crippen molar-refractivity contribution in [3.05, 3.63) is 35.4 Å². The van der Waals surface area contributed by atoms with Crippen LogP contribution >= 0.6 is 0 Å². The summed E-state index contributed by atoms with van der Waals surface area (Å²) >= 11 is 0. The highest BCUT2D eigenvalue weighted by Crippen LogP contribution is 2.43. The van der Waals surface area contributed by atoms with Gasteiger partial charge in [0.2, 0.25) is 0 Å². The molecule has 20 heavy (non-hydrogen) atoms. The van der Waals surface area contributed by atoms with Gasteiger partial charge in [0.05, 0.1) is 0 Å². The molecule has 108 valence electrons. The van der Waals surface area contributed by atoms with Crippen LogP contribution in [-0.2, 0) is 5.60 Å². The first-order chi connectivity index (χ1) is 9.77.